The Morgan fingerprint density at radius 1 is 1.73 bits per heavy atom. The molecule has 1 rings (SSSR count). The molecule has 7 heteroatoms. The van der Waals surface area contributed by atoms with E-state index in [0.717, 1.165) is 11.5 Å². The van der Waals surface area contributed by atoms with Crippen LogP contribution in [0.3, 0.4) is 0 Å². The molecule has 0 aliphatic heterocycles. The molecule has 0 radical (unpaired) electrons. The Morgan fingerprint density at radius 3 is 2.73 bits per heavy atom. The maximum absolute atomic E-state index is 10.2. The molecule has 1 aromatic heterocycles. The molecule has 0 fully saturated rings. The number of anilines is 1. The molecule has 6 nitrogen and oxygen atoms in total. The van der Waals surface area contributed by atoms with Crippen LogP contribution >= 0.6 is 11.5 Å². The number of aromatic nitrogens is 2. The summed E-state index contributed by atoms with van der Waals surface area (Å²) in [7, 11) is 0. The van der Waals surface area contributed by atoms with Crippen LogP contribution in [0.2, 0.25) is 0 Å². The molecule has 0 amide bonds. The highest BCUT2D eigenvalue weighted by atomic mass is 32.1. The highest BCUT2D eigenvalue weighted by molar-refractivity contribution is 7.09. The number of carboxylic acid groups (broad SMARTS) is 1. The van der Waals surface area contributed by atoms with Gasteiger partial charge >= 0.3 is 5.97 Å². The van der Waals surface area contributed by atoms with Gasteiger partial charge in [0.25, 0.3) is 0 Å². The zero-order valence-corrected chi connectivity index (χ0v) is 6.05. The van der Waals surface area contributed by atoms with E-state index in [0.29, 0.717) is 0 Å². The van der Waals surface area contributed by atoms with Gasteiger partial charge in [-0.3, -0.25) is 5.41 Å². The lowest BCUT2D eigenvalue weighted by Gasteiger charge is -1.87. The van der Waals surface area contributed by atoms with Crippen LogP contribution in [-0.2, 0) is 4.79 Å². The topological polar surface area (TPSA) is 113 Å². The fourth-order valence-electron chi connectivity index (χ4n) is 0.432. The number of nitrogens with zero attached hydrogens (tertiary/aromatic N) is 2. The number of hydrogen-bond donors (Lipinski definition) is 3. The van der Waals surface area contributed by atoms with Crippen LogP contribution in [0.25, 0.3) is 0 Å². The second-order valence-corrected chi connectivity index (χ2v) is 2.42. The molecule has 1 aromatic rings. The Kier molecular flexibility index (Phi) is 1.81. The third-order valence-electron chi connectivity index (χ3n) is 0.879. The Bertz CT molecular complexity index is 307. The van der Waals surface area contributed by atoms with Gasteiger partial charge in [0.05, 0.1) is 0 Å². The molecule has 0 aliphatic carbocycles. The first-order chi connectivity index (χ1) is 5.11. The molecule has 0 saturated carbocycles. The van der Waals surface area contributed by atoms with Gasteiger partial charge in [-0.2, -0.15) is 9.36 Å². The second-order valence-electron chi connectivity index (χ2n) is 1.64. The van der Waals surface area contributed by atoms with Crippen molar-refractivity contribution in [3.05, 3.63) is 5.82 Å². The van der Waals surface area contributed by atoms with Crippen molar-refractivity contribution < 1.29 is 9.90 Å². The number of carbonyl (C=O) groups is 1. The highest BCUT2D eigenvalue weighted by Crippen LogP contribution is 2.05. The van der Waals surface area contributed by atoms with Gasteiger partial charge in [0.2, 0.25) is 0 Å². The van der Waals surface area contributed by atoms with E-state index in [1.54, 1.807) is 0 Å². The van der Waals surface area contributed by atoms with Crippen molar-refractivity contribution in [1.82, 2.24) is 9.36 Å². The summed E-state index contributed by atoms with van der Waals surface area (Å²) < 4.78 is 3.54. The normalized spacial score (nSPS) is 9.45. The summed E-state index contributed by atoms with van der Waals surface area (Å²) in [6.07, 6.45) is 0. The fourth-order valence-corrected chi connectivity index (χ4v) is 0.872. The number of aliphatic carboxylic acids is 1. The van der Waals surface area contributed by atoms with Crippen molar-refractivity contribution in [1.29, 1.82) is 5.41 Å². The van der Waals surface area contributed by atoms with E-state index in [2.05, 4.69) is 9.36 Å². The van der Waals surface area contributed by atoms with Crippen molar-refractivity contribution in [2.24, 2.45) is 0 Å². The molecule has 0 aliphatic rings. The van der Waals surface area contributed by atoms with E-state index < -0.39 is 11.7 Å². The predicted octanol–water partition coefficient (Wildman–Crippen LogP) is -0.427. The average molecular weight is 172 g/mol. The average Bonchev–Trinajstić information content (AvgIpc) is 2.34. The van der Waals surface area contributed by atoms with Gasteiger partial charge < -0.3 is 10.8 Å². The minimum absolute atomic E-state index is 0.139. The van der Waals surface area contributed by atoms with E-state index in [4.69, 9.17) is 16.2 Å². The van der Waals surface area contributed by atoms with Gasteiger partial charge in [0.15, 0.2) is 16.7 Å². The van der Waals surface area contributed by atoms with E-state index in [9.17, 15) is 4.79 Å². The lowest BCUT2D eigenvalue weighted by Crippen LogP contribution is -2.14. The molecule has 0 atom stereocenters. The van der Waals surface area contributed by atoms with Crippen LogP contribution in [0.5, 0.6) is 0 Å². The van der Waals surface area contributed by atoms with Crippen LogP contribution in [0.4, 0.5) is 5.13 Å². The SMILES string of the molecule is N=C(C(=O)O)c1nsc(N)n1. The largest absolute Gasteiger partial charge is 0.476 e. The second kappa shape index (κ2) is 2.62. The number of nitrogens with one attached hydrogen (secondary N) is 1. The number of nitrogens with two attached hydrogens (primary N) is 1. The molecule has 11 heavy (non-hydrogen) atoms. The first-order valence-electron chi connectivity index (χ1n) is 2.52. The first-order valence-corrected chi connectivity index (χ1v) is 3.30. The molecular formula is C4H4N4O2S. The third-order valence-corrected chi connectivity index (χ3v) is 1.42. The summed E-state index contributed by atoms with van der Waals surface area (Å²) in [6.45, 7) is 0. The Hall–Kier alpha value is -1.50. The van der Waals surface area contributed by atoms with Crippen LogP contribution in [0, 0.1) is 5.41 Å². The van der Waals surface area contributed by atoms with Gasteiger partial charge in [0.1, 0.15) is 0 Å². The molecule has 4 N–H and O–H groups in total. The maximum atomic E-state index is 10.2. The Morgan fingerprint density at radius 2 is 2.36 bits per heavy atom. The molecule has 0 unspecified atom stereocenters. The zero-order chi connectivity index (χ0) is 8.43. The van der Waals surface area contributed by atoms with Crippen molar-refractivity contribution in [3.63, 3.8) is 0 Å². The third kappa shape index (κ3) is 1.49. The van der Waals surface area contributed by atoms with Gasteiger partial charge in [-0.1, -0.05) is 0 Å². The lowest BCUT2D eigenvalue weighted by molar-refractivity contribution is -0.129. The van der Waals surface area contributed by atoms with Crippen molar-refractivity contribution >= 4 is 28.3 Å². The summed E-state index contributed by atoms with van der Waals surface area (Å²) in [4.78, 5) is 13.7. The molecule has 1 heterocycles. The van der Waals surface area contributed by atoms with E-state index in [1.165, 1.54) is 0 Å². The Balaban J connectivity index is 2.94. The number of carboxylic acids is 1. The van der Waals surface area contributed by atoms with Gasteiger partial charge in [0, 0.05) is 11.5 Å². The first kappa shape index (κ1) is 7.61. The smallest absolute Gasteiger partial charge is 0.357 e. The van der Waals surface area contributed by atoms with Gasteiger partial charge in [-0.15, -0.1) is 0 Å². The molecule has 0 saturated heterocycles. The summed E-state index contributed by atoms with van der Waals surface area (Å²) in [5.74, 6) is -1.50. The predicted molar refractivity (Wildman–Crippen MR) is 38.8 cm³/mol. The lowest BCUT2D eigenvalue weighted by atomic mass is 10.4. The molecular weight excluding hydrogens is 168 g/mol. The van der Waals surface area contributed by atoms with Crippen LogP contribution in [0.1, 0.15) is 5.82 Å². The van der Waals surface area contributed by atoms with Crippen molar-refractivity contribution in [3.8, 4) is 0 Å². The minimum atomic E-state index is -1.36. The van der Waals surface area contributed by atoms with Crippen LogP contribution in [-0.4, -0.2) is 26.1 Å². The molecule has 0 bridgehead atoms. The monoisotopic (exact) mass is 172 g/mol. The van der Waals surface area contributed by atoms with E-state index in [-0.39, 0.29) is 11.0 Å². The van der Waals surface area contributed by atoms with Gasteiger partial charge in [-0.25, -0.2) is 4.79 Å². The van der Waals surface area contributed by atoms with E-state index >= 15 is 0 Å². The quantitative estimate of drug-likeness (QED) is 0.524. The number of nitrogen functional groups attached to an aromatic ring is 1. The minimum Gasteiger partial charge on any atom is -0.476 e. The Labute approximate surface area is 65.4 Å². The standard InChI is InChI=1S/C4H4N4O2S/c5-1(3(9)10)2-7-4(6)11-8-2/h5H,(H,9,10)(H2,6,7,8). The summed E-state index contributed by atoms with van der Waals surface area (Å²) in [5.41, 5.74) is 4.53. The van der Waals surface area contributed by atoms with E-state index in [1.807, 2.05) is 0 Å². The number of rotatable bonds is 2. The molecule has 58 valence electrons. The summed E-state index contributed by atoms with van der Waals surface area (Å²) in [6, 6.07) is 0. The van der Waals surface area contributed by atoms with Crippen molar-refractivity contribution in [2.75, 3.05) is 5.73 Å². The zero-order valence-electron chi connectivity index (χ0n) is 5.24. The molecule has 0 spiro atoms. The fraction of sp³-hybridized carbons (Fsp3) is 0. The van der Waals surface area contributed by atoms with Crippen LogP contribution in [0.15, 0.2) is 0 Å². The summed E-state index contributed by atoms with van der Waals surface area (Å²) >= 11 is 0.863. The number of hydrogen-bond acceptors (Lipinski definition) is 6. The molecule has 0 aromatic carbocycles. The van der Waals surface area contributed by atoms with Gasteiger partial charge in [-0.05, 0) is 0 Å². The highest BCUT2D eigenvalue weighted by Gasteiger charge is 2.14. The van der Waals surface area contributed by atoms with Crippen LogP contribution < -0.4 is 5.73 Å². The maximum Gasteiger partial charge on any atom is 0.357 e. The van der Waals surface area contributed by atoms with Crippen molar-refractivity contribution in [2.45, 2.75) is 0 Å². The summed E-state index contributed by atoms with van der Waals surface area (Å²) in [5, 5.41) is 15.4.